The van der Waals surface area contributed by atoms with Crippen LogP contribution in [0.5, 0.6) is 0 Å². The van der Waals surface area contributed by atoms with Crippen molar-refractivity contribution in [2.45, 2.75) is 81.5 Å². The fourth-order valence-corrected chi connectivity index (χ4v) is 7.07. The van der Waals surface area contributed by atoms with Crippen LogP contribution in [-0.4, -0.2) is 67.0 Å². The molecule has 6 unspecified atom stereocenters. The van der Waals surface area contributed by atoms with Gasteiger partial charge in [-0.25, -0.2) is 0 Å². The van der Waals surface area contributed by atoms with Crippen molar-refractivity contribution < 1.29 is 32.5 Å². The van der Waals surface area contributed by atoms with Crippen LogP contribution in [-0.2, 0) is 26.0 Å². The van der Waals surface area contributed by atoms with Crippen LogP contribution in [0.25, 0.3) is 0 Å². The molecule has 7 atom stereocenters. The standard InChI is InChI=1S/C26H35F3N2O4/c1-16-21-14-25(33,17-3-5-18(6-4-17)26(27,28)29)10-11-31(21)23(32)24(16)9-7-19(13-24)30-20-8-12-35-15-22(20)34-2/h3-6,16,19-22,30,33H,7-15H2,1-2H3/t16?,19?,20?,21?,22?,24-,25?/m0/s1. The van der Waals surface area contributed by atoms with E-state index in [1.54, 1.807) is 7.11 Å². The molecule has 194 valence electrons. The van der Waals surface area contributed by atoms with Gasteiger partial charge in [0.15, 0.2) is 0 Å². The molecule has 1 aromatic rings. The Morgan fingerprint density at radius 2 is 1.91 bits per heavy atom. The Bertz CT molecular complexity index is 942. The van der Waals surface area contributed by atoms with E-state index in [1.165, 1.54) is 12.1 Å². The smallest absolute Gasteiger partial charge is 0.385 e. The average molecular weight is 497 g/mol. The molecule has 1 aromatic carbocycles. The third kappa shape index (κ3) is 4.28. The second kappa shape index (κ2) is 9.01. The first-order valence-electron chi connectivity index (χ1n) is 12.7. The summed E-state index contributed by atoms with van der Waals surface area (Å²) in [5.41, 5.74) is -1.94. The summed E-state index contributed by atoms with van der Waals surface area (Å²) >= 11 is 0. The quantitative estimate of drug-likeness (QED) is 0.668. The average Bonchev–Trinajstić information content (AvgIpc) is 3.35. The van der Waals surface area contributed by atoms with Gasteiger partial charge in [0.25, 0.3) is 0 Å². The predicted molar refractivity (Wildman–Crippen MR) is 122 cm³/mol. The SMILES string of the molecule is COC1COCCC1NC1CC[C@@]2(C1)C(=O)N1CCC(O)(c3ccc(C(F)(F)F)cc3)CC1C2C. The van der Waals surface area contributed by atoms with Crippen molar-refractivity contribution in [1.29, 1.82) is 0 Å². The fourth-order valence-electron chi connectivity index (χ4n) is 7.07. The Morgan fingerprint density at radius 1 is 1.17 bits per heavy atom. The van der Waals surface area contributed by atoms with E-state index in [9.17, 15) is 23.1 Å². The van der Waals surface area contributed by atoms with Crippen molar-refractivity contribution in [2.24, 2.45) is 11.3 Å². The minimum absolute atomic E-state index is 0.00192. The minimum Gasteiger partial charge on any atom is -0.385 e. The monoisotopic (exact) mass is 496 g/mol. The Morgan fingerprint density at radius 3 is 2.60 bits per heavy atom. The number of carbonyl (C=O) groups is 1. The molecule has 4 aliphatic rings. The molecule has 1 saturated carbocycles. The lowest BCUT2D eigenvalue weighted by atomic mass is 9.71. The summed E-state index contributed by atoms with van der Waals surface area (Å²) in [7, 11) is 1.70. The normalized spacial score (nSPS) is 39.9. The summed E-state index contributed by atoms with van der Waals surface area (Å²) in [6.45, 7) is 3.79. The summed E-state index contributed by atoms with van der Waals surface area (Å²) in [5, 5.41) is 15.2. The Balaban J connectivity index is 1.30. The maximum absolute atomic E-state index is 13.7. The number of piperidine rings is 1. The topological polar surface area (TPSA) is 71.0 Å². The molecule has 6 nitrogen and oxygen atoms in total. The molecule has 2 N–H and O–H groups in total. The lowest BCUT2D eigenvalue weighted by Crippen LogP contribution is -2.51. The molecule has 1 amide bonds. The number of aliphatic hydroxyl groups is 1. The van der Waals surface area contributed by atoms with Gasteiger partial charge in [-0.05, 0) is 55.7 Å². The van der Waals surface area contributed by atoms with Gasteiger partial charge in [0, 0.05) is 44.8 Å². The Kier molecular flexibility index (Phi) is 6.43. The van der Waals surface area contributed by atoms with E-state index in [0.29, 0.717) is 38.2 Å². The molecule has 4 fully saturated rings. The molecule has 0 aromatic heterocycles. The van der Waals surface area contributed by atoms with Crippen molar-refractivity contribution in [3.8, 4) is 0 Å². The van der Waals surface area contributed by atoms with Crippen molar-refractivity contribution >= 4 is 5.91 Å². The number of alkyl halides is 3. The number of nitrogens with one attached hydrogen (secondary N) is 1. The molecule has 35 heavy (non-hydrogen) atoms. The molecular weight excluding hydrogens is 461 g/mol. The van der Waals surface area contributed by atoms with Gasteiger partial charge < -0.3 is 24.8 Å². The van der Waals surface area contributed by atoms with E-state index in [-0.39, 0.29) is 36.1 Å². The molecule has 1 aliphatic carbocycles. The van der Waals surface area contributed by atoms with Gasteiger partial charge in [0.05, 0.1) is 29.3 Å². The number of fused-ring (bicyclic) bond motifs is 1. The van der Waals surface area contributed by atoms with E-state index < -0.39 is 22.8 Å². The predicted octanol–water partition coefficient (Wildman–Crippen LogP) is 3.47. The Hall–Kier alpha value is -1.68. The highest BCUT2D eigenvalue weighted by molar-refractivity contribution is 5.86. The van der Waals surface area contributed by atoms with Crippen molar-refractivity contribution in [3.05, 3.63) is 35.4 Å². The third-order valence-electron chi connectivity index (χ3n) is 9.20. The largest absolute Gasteiger partial charge is 0.416 e. The van der Waals surface area contributed by atoms with E-state index in [1.807, 2.05) is 4.90 Å². The molecule has 3 aliphatic heterocycles. The van der Waals surface area contributed by atoms with Gasteiger partial charge in [-0.2, -0.15) is 13.2 Å². The van der Waals surface area contributed by atoms with Gasteiger partial charge in [0.1, 0.15) is 0 Å². The lowest BCUT2D eigenvalue weighted by Gasteiger charge is -2.42. The summed E-state index contributed by atoms with van der Waals surface area (Å²) in [5.74, 6) is 0.222. The first kappa shape index (κ1) is 25.0. The molecule has 0 radical (unpaired) electrons. The van der Waals surface area contributed by atoms with Crippen LogP contribution < -0.4 is 5.32 Å². The van der Waals surface area contributed by atoms with Crippen LogP contribution in [0.2, 0.25) is 0 Å². The maximum atomic E-state index is 13.7. The van der Waals surface area contributed by atoms with Crippen molar-refractivity contribution in [1.82, 2.24) is 10.2 Å². The van der Waals surface area contributed by atoms with E-state index in [4.69, 9.17) is 9.47 Å². The number of ether oxygens (including phenoxy) is 2. The van der Waals surface area contributed by atoms with Crippen LogP contribution in [0, 0.1) is 11.3 Å². The number of benzene rings is 1. The van der Waals surface area contributed by atoms with Crippen LogP contribution >= 0.6 is 0 Å². The Labute approximate surface area is 204 Å². The van der Waals surface area contributed by atoms with Gasteiger partial charge in [-0.15, -0.1) is 0 Å². The zero-order chi connectivity index (χ0) is 25.0. The first-order valence-corrected chi connectivity index (χ1v) is 12.7. The maximum Gasteiger partial charge on any atom is 0.416 e. The highest BCUT2D eigenvalue weighted by Gasteiger charge is 2.62. The van der Waals surface area contributed by atoms with E-state index in [0.717, 1.165) is 37.8 Å². The highest BCUT2D eigenvalue weighted by atomic mass is 19.4. The van der Waals surface area contributed by atoms with E-state index >= 15 is 0 Å². The molecule has 1 spiro atoms. The number of rotatable bonds is 4. The highest BCUT2D eigenvalue weighted by Crippen LogP contribution is 2.56. The van der Waals surface area contributed by atoms with Crippen molar-refractivity contribution in [3.63, 3.8) is 0 Å². The van der Waals surface area contributed by atoms with Crippen LogP contribution in [0.4, 0.5) is 13.2 Å². The number of amides is 1. The molecule has 3 heterocycles. The second-order valence-electron chi connectivity index (χ2n) is 10.9. The number of carbonyl (C=O) groups excluding carboxylic acids is 1. The first-order chi connectivity index (χ1) is 16.6. The number of methoxy groups -OCH3 is 1. The second-order valence-corrected chi connectivity index (χ2v) is 10.9. The van der Waals surface area contributed by atoms with E-state index in [2.05, 4.69) is 12.2 Å². The number of halogens is 3. The van der Waals surface area contributed by atoms with Crippen LogP contribution in [0.3, 0.4) is 0 Å². The molecule has 5 rings (SSSR count). The van der Waals surface area contributed by atoms with Gasteiger partial charge in [-0.3, -0.25) is 4.79 Å². The van der Waals surface area contributed by atoms with Crippen LogP contribution in [0.15, 0.2) is 24.3 Å². The summed E-state index contributed by atoms with van der Waals surface area (Å²) in [6.07, 6.45) is -0.399. The third-order valence-corrected chi connectivity index (χ3v) is 9.20. The molecule has 0 bridgehead atoms. The van der Waals surface area contributed by atoms with Gasteiger partial charge in [-0.1, -0.05) is 19.1 Å². The fraction of sp³-hybridized carbons (Fsp3) is 0.731. The van der Waals surface area contributed by atoms with Crippen molar-refractivity contribution in [2.75, 3.05) is 26.9 Å². The summed E-state index contributed by atoms with van der Waals surface area (Å²) in [6, 6.07) is 5.11. The lowest BCUT2D eigenvalue weighted by molar-refractivity contribution is -0.141. The number of hydrogen-bond donors (Lipinski definition) is 2. The van der Waals surface area contributed by atoms with Gasteiger partial charge in [0.2, 0.25) is 5.91 Å². The molecule has 3 saturated heterocycles. The number of hydrogen-bond acceptors (Lipinski definition) is 5. The van der Waals surface area contributed by atoms with Crippen LogP contribution in [0.1, 0.15) is 56.6 Å². The molecular formula is C26H35F3N2O4. The summed E-state index contributed by atoms with van der Waals surface area (Å²) < 4.78 is 50.1. The zero-order valence-corrected chi connectivity index (χ0v) is 20.3. The number of nitrogens with zero attached hydrogens (tertiary/aromatic N) is 1. The minimum atomic E-state index is -4.41. The molecule has 9 heteroatoms. The zero-order valence-electron chi connectivity index (χ0n) is 20.3. The van der Waals surface area contributed by atoms with Gasteiger partial charge >= 0.3 is 6.18 Å². The summed E-state index contributed by atoms with van der Waals surface area (Å²) in [4.78, 5) is 15.6.